The van der Waals surface area contributed by atoms with Crippen molar-refractivity contribution >= 4 is 25.1 Å². The fourth-order valence-corrected chi connectivity index (χ4v) is 2.72. The van der Waals surface area contributed by atoms with Crippen LogP contribution in [0.2, 0.25) is 0 Å². The minimum atomic E-state index is -2.12. The van der Waals surface area contributed by atoms with E-state index in [-0.39, 0.29) is 23.2 Å². The number of anilines is 1. The van der Waals surface area contributed by atoms with E-state index >= 15 is 0 Å². The summed E-state index contributed by atoms with van der Waals surface area (Å²) in [4.78, 5) is 33.3. The van der Waals surface area contributed by atoms with Gasteiger partial charge in [-0.05, 0) is 17.5 Å². The molecule has 0 fully saturated rings. The van der Waals surface area contributed by atoms with E-state index in [1.54, 1.807) is 10.9 Å². The number of hydrogen-bond donors (Lipinski definition) is 3. The normalized spacial score (nSPS) is 12.2. The summed E-state index contributed by atoms with van der Waals surface area (Å²) in [6.45, 7) is 4.71. The van der Waals surface area contributed by atoms with Crippen LogP contribution in [-0.4, -0.2) is 55.1 Å². The molecule has 0 amide bonds. The smallest absolute Gasteiger partial charge is 0.369 e. The molecule has 2 heterocycles. The number of imidazole rings is 1. The standard InChI is InChI=1S/C12H19N6O3P/c1-2-3-17(6-7-22(20)21)4-5-18-8-14-9-10(18)15-12(13)16-11(9)19/h8H,2-7H2,1H3,(H3-,13,15,16,19,20,21)/p+1. The first-order valence-electron chi connectivity index (χ1n) is 7.07. The Morgan fingerprint density at radius 2 is 2.23 bits per heavy atom. The summed E-state index contributed by atoms with van der Waals surface area (Å²) in [6, 6.07) is 0. The van der Waals surface area contributed by atoms with E-state index in [4.69, 9.17) is 10.6 Å². The van der Waals surface area contributed by atoms with Crippen LogP contribution in [-0.2, 0) is 11.1 Å². The van der Waals surface area contributed by atoms with Gasteiger partial charge in [-0.2, -0.15) is 9.88 Å². The molecule has 2 rings (SSSR count). The lowest BCUT2D eigenvalue weighted by Gasteiger charge is -2.19. The van der Waals surface area contributed by atoms with Crippen LogP contribution in [0, 0.1) is 0 Å². The van der Waals surface area contributed by atoms with Crippen molar-refractivity contribution in [3.63, 3.8) is 0 Å². The minimum Gasteiger partial charge on any atom is -0.369 e. The summed E-state index contributed by atoms with van der Waals surface area (Å²) in [5.41, 5.74) is 5.91. The summed E-state index contributed by atoms with van der Waals surface area (Å²) in [5.74, 6) is 0.0574. The Morgan fingerprint density at radius 3 is 2.91 bits per heavy atom. The fourth-order valence-electron chi connectivity index (χ4n) is 2.26. The molecule has 0 radical (unpaired) electrons. The number of nitrogen functional groups attached to an aromatic ring is 1. The summed E-state index contributed by atoms with van der Waals surface area (Å²) in [7, 11) is -2.12. The molecule has 1 unspecified atom stereocenters. The summed E-state index contributed by atoms with van der Waals surface area (Å²) < 4.78 is 12.6. The van der Waals surface area contributed by atoms with Crippen LogP contribution >= 0.6 is 8.03 Å². The third kappa shape index (κ3) is 4.09. The Kier molecular flexibility index (Phi) is 5.59. The molecular weight excluding hydrogens is 307 g/mol. The predicted molar refractivity (Wildman–Crippen MR) is 84.0 cm³/mol. The number of hydrogen-bond acceptors (Lipinski definition) is 6. The maximum Gasteiger partial charge on any atom is 0.506 e. The maximum atomic E-state index is 11.7. The second-order valence-corrected chi connectivity index (χ2v) is 6.13. The van der Waals surface area contributed by atoms with E-state index < -0.39 is 8.03 Å². The van der Waals surface area contributed by atoms with Crippen LogP contribution in [0.5, 0.6) is 0 Å². The molecule has 0 aliphatic carbocycles. The summed E-state index contributed by atoms with van der Waals surface area (Å²) >= 11 is 0. The average Bonchev–Trinajstić information content (AvgIpc) is 2.85. The number of nitrogens with zero attached hydrogens (tertiary/aromatic N) is 4. The molecule has 0 bridgehead atoms. The SMILES string of the molecule is CCCN(CCn1cnc2c(=O)[nH]c(N)nc21)CC[P+](=O)O. The van der Waals surface area contributed by atoms with Gasteiger partial charge in [-0.1, -0.05) is 6.92 Å². The molecule has 0 aromatic carbocycles. The number of aromatic nitrogens is 4. The minimum absolute atomic E-state index is 0.0574. The highest BCUT2D eigenvalue weighted by molar-refractivity contribution is 7.38. The number of nitrogens with one attached hydrogen (secondary N) is 1. The topological polar surface area (TPSA) is 130 Å². The predicted octanol–water partition coefficient (Wildman–Crippen LogP) is 0.149. The highest BCUT2D eigenvalue weighted by Gasteiger charge is 2.15. The van der Waals surface area contributed by atoms with Gasteiger partial charge in [0.25, 0.3) is 5.56 Å². The lowest BCUT2D eigenvalue weighted by molar-refractivity contribution is 0.277. The van der Waals surface area contributed by atoms with E-state index in [1.165, 1.54) is 0 Å². The van der Waals surface area contributed by atoms with E-state index in [0.717, 1.165) is 13.0 Å². The van der Waals surface area contributed by atoms with Crippen molar-refractivity contribution in [1.82, 2.24) is 24.4 Å². The average molecular weight is 327 g/mol. The van der Waals surface area contributed by atoms with Crippen LogP contribution in [0.3, 0.4) is 0 Å². The molecule has 22 heavy (non-hydrogen) atoms. The molecule has 120 valence electrons. The first kappa shape index (κ1) is 16.5. The summed E-state index contributed by atoms with van der Waals surface area (Å²) in [5, 5.41) is 0. The second kappa shape index (κ2) is 7.44. The monoisotopic (exact) mass is 327 g/mol. The third-order valence-electron chi connectivity index (χ3n) is 3.30. The quantitative estimate of drug-likeness (QED) is 0.588. The Bertz CT molecular complexity index is 712. The first-order valence-corrected chi connectivity index (χ1v) is 8.47. The zero-order valence-corrected chi connectivity index (χ0v) is 13.3. The highest BCUT2D eigenvalue weighted by Crippen LogP contribution is 2.12. The fraction of sp³-hybridized carbons (Fsp3) is 0.583. The summed E-state index contributed by atoms with van der Waals surface area (Å²) in [6.07, 6.45) is 2.77. The molecular formula is C12H20N6O3P+. The highest BCUT2D eigenvalue weighted by atomic mass is 31.1. The number of fused-ring (bicyclic) bond motifs is 1. The Balaban J connectivity index is 2.09. The van der Waals surface area contributed by atoms with E-state index in [9.17, 15) is 9.36 Å². The number of H-pyrrole nitrogens is 1. The number of aromatic amines is 1. The molecule has 1 atom stereocenters. The second-order valence-electron chi connectivity index (χ2n) is 4.98. The van der Waals surface area contributed by atoms with E-state index in [1.807, 2.05) is 0 Å². The molecule has 2 aromatic rings. The number of rotatable bonds is 8. The number of nitrogens with two attached hydrogens (primary N) is 1. The van der Waals surface area contributed by atoms with Gasteiger partial charge in [0.1, 0.15) is 0 Å². The molecule has 0 spiro atoms. The van der Waals surface area contributed by atoms with Crippen molar-refractivity contribution in [3.05, 3.63) is 16.7 Å². The Morgan fingerprint density at radius 1 is 1.45 bits per heavy atom. The van der Waals surface area contributed by atoms with Gasteiger partial charge in [0.05, 0.1) is 6.33 Å². The van der Waals surface area contributed by atoms with Crippen LogP contribution in [0.25, 0.3) is 11.2 Å². The Hall–Kier alpha value is -1.83. The molecule has 4 N–H and O–H groups in total. The molecule has 10 heteroatoms. The van der Waals surface area contributed by atoms with Gasteiger partial charge in [0.15, 0.2) is 17.3 Å². The van der Waals surface area contributed by atoms with Crippen molar-refractivity contribution in [3.8, 4) is 0 Å². The van der Waals surface area contributed by atoms with Crippen LogP contribution < -0.4 is 11.3 Å². The molecule has 0 aliphatic heterocycles. The van der Waals surface area contributed by atoms with Gasteiger partial charge in [-0.15, -0.1) is 0 Å². The van der Waals surface area contributed by atoms with E-state index in [2.05, 4.69) is 26.8 Å². The van der Waals surface area contributed by atoms with Crippen LogP contribution in [0.1, 0.15) is 13.3 Å². The zero-order valence-electron chi connectivity index (χ0n) is 12.4. The van der Waals surface area contributed by atoms with Crippen LogP contribution in [0.15, 0.2) is 11.1 Å². The van der Waals surface area contributed by atoms with Gasteiger partial charge in [0.2, 0.25) is 5.95 Å². The van der Waals surface area contributed by atoms with Crippen molar-refractivity contribution in [1.29, 1.82) is 0 Å². The molecule has 0 saturated heterocycles. The van der Waals surface area contributed by atoms with Crippen LogP contribution in [0.4, 0.5) is 5.95 Å². The molecule has 0 aliphatic rings. The first-order chi connectivity index (χ1) is 10.5. The maximum absolute atomic E-state index is 11.7. The van der Waals surface area contributed by atoms with Gasteiger partial charge >= 0.3 is 8.03 Å². The van der Waals surface area contributed by atoms with Crippen molar-refractivity contribution in [2.24, 2.45) is 0 Å². The molecule has 9 nitrogen and oxygen atoms in total. The van der Waals surface area contributed by atoms with E-state index in [0.29, 0.717) is 25.3 Å². The van der Waals surface area contributed by atoms with Crippen molar-refractivity contribution < 1.29 is 9.46 Å². The Labute approximate surface area is 128 Å². The molecule has 2 aromatic heterocycles. The van der Waals surface area contributed by atoms with Gasteiger partial charge in [0, 0.05) is 19.6 Å². The van der Waals surface area contributed by atoms with Gasteiger partial charge in [-0.3, -0.25) is 14.7 Å². The van der Waals surface area contributed by atoms with Crippen molar-refractivity contribution in [2.45, 2.75) is 19.9 Å². The van der Waals surface area contributed by atoms with Crippen molar-refractivity contribution in [2.75, 3.05) is 31.5 Å². The zero-order chi connectivity index (χ0) is 16.1. The lowest BCUT2D eigenvalue weighted by atomic mass is 10.4. The lowest BCUT2D eigenvalue weighted by Crippen LogP contribution is -2.30. The molecule has 0 saturated carbocycles. The third-order valence-corrected chi connectivity index (χ3v) is 3.88. The van der Waals surface area contributed by atoms with Gasteiger partial charge in [-0.25, -0.2) is 4.98 Å². The van der Waals surface area contributed by atoms with Gasteiger partial charge < -0.3 is 10.3 Å². The largest absolute Gasteiger partial charge is 0.506 e.